The second kappa shape index (κ2) is 9.41. The van der Waals surface area contributed by atoms with E-state index in [0.29, 0.717) is 6.61 Å². The first-order valence-corrected chi connectivity index (χ1v) is 11.2. The summed E-state index contributed by atoms with van der Waals surface area (Å²) in [5.41, 5.74) is 1.86. The maximum absolute atomic E-state index is 13.2. The smallest absolute Gasteiger partial charge is 0.272 e. The molecule has 7 heteroatoms. The summed E-state index contributed by atoms with van der Waals surface area (Å²) in [4.78, 5) is 13.2. The van der Waals surface area contributed by atoms with Crippen LogP contribution in [-0.4, -0.2) is 25.2 Å². The van der Waals surface area contributed by atoms with Crippen molar-refractivity contribution in [3.63, 3.8) is 0 Å². The summed E-state index contributed by atoms with van der Waals surface area (Å²) < 4.78 is 32.5. The lowest BCUT2D eigenvalue weighted by molar-refractivity contribution is -0.0149. The van der Waals surface area contributed by atoms with Crippen molar-refractivity contribution in [1.82, 2.24) is 0 Å². The molecule has 6 nitrogen and oxygen atoms in total. The standard InChI is InChI=1S/C23H28N2O4S/c1-17(2)30(27,28)25(21-12-8-18(9-13-21)14-15-24)22(26)20-10-6-19(7-11-20)16-29-23(3,4)5/h6-13,17H,14,16H2,1-5H3. The largest absolute Gasteiger partial charge is 0.371 e. The Bertz CT molecular complexity index is 1010. The predicted molar refractivity (Wildman–Crippen MR) is 118 cm³/mol. The molecule has 0 heterocycles. The number of carbonyl (C=O) groups is 1. The van der Waals surface area contributed by atoms with Crippen LogP contribution in [0.3, 0.4) is 0 Å². The van der Waals surface area contributed by atoms with Crippen molar-refractivity contribution in [1.29, 1.82) is 5.26 Å². The van der Waals surface area contributed by atoms with Crippen LogP contribution in [0.1, 0.15) is 56.1 Å². The fourth-order valence-electron chi connectivity index (χ4n) is 2.59. The molecular formula is C23H28N2O4S. The van der Waals surface area contributed by atoms with Gasteiger partial charge in [0.05, 0.1) is 35.6 Å². The normalized spacial score (nSPS) is 11.9. The molecule has 2 aromatic rings. The third-order valence-electron chi connectivity index (χ3n) is 4.36. The monoisotopic (exact) mass is 428 g/mol. The van der Waals surface area contributed by atoms with Gasteiger partial charge in [0.1, 0.15) is 0 Å². The molecule has 0 atom stereocenters. The molecule has 0 aliphatic rings. The molecule has 0 bridgehead atoms. The van der Waals surface area contributed by atoms with E-state index in [2.05, 4.69) is 0 Å². The molecule has 2 aromatic carbocycles. The Morgan fingerprint density at radius 1 is 1.03 bits per heavy atom. The highest BCUT2D eigenvalue weighted by atomic mass is 32.2. The minimum atomic E-state index is -3.91. The highest BCUT2D eigenvalue weighted by molar-refractivity contribution is 7.94. The van der Waals surface area contributed by atoms with Crippen molar-refractivity contribution in [2.24, 2.45) is 0 Å². The molecule has 0 saturated heterocycles. The zero-order chi connectivity index (χ0) is 22.5. The van der Waals surface area contributed by atoms with E-state index in [9.17, 15) is 13.2 Å². The summed E-state index contributed by atoms with van der Waals surface area (Å²) in [6.45, 7) is 9.34. The molecule has 0 saturated carbocycles. The molecule has 0 N–H and O–H groups in total. The number of carbonyl (C=O) groups excluding carboxylic acids is 1. The van der Waals surface area contributed by atoms with Gasteiger partial charge < -0.3 is 4.74 Å². The van der Waals surface area contributed by atoms with Crippen molar-refractivity contribution < 1.29 is 17.9 Å². The van der Waals surface area contributed by atoms with Gasteiger partial charge in [-0.05, 0) is 70.0 Å². The third kappa shape index (κ3) is 5.91. The molecule has 0 aromatic heterocycles. The van der Waals surface area contributed by atoms with E-state index in [1.165, 1.54) is 13.8 Å². The lowest BCUT2D eigenvalue weighted by Gasteiger charge is -2.25. The zero-order valence-electron chi connectivity index (χ0n) is 18.0. The number of ether oxygens (including phenoxy) is 1. The van der Waals surface area contributed by atoms with Gasteiger partial charge in [-0.15, -0.1) is 0 Å². The maximum atomic E-state index is 13.2. The topological polar surface area (TPSA) is 87.5 Å². The summed E-state index contributed by atoms with van der Waals surface area (Å²) in [6.07, 6.45) is 0.212. The van der Waals surface area contributed by atoms with Crippen molar-refractivity contribution in [3.05, 3.63) is 65.2 Å². The van der Waals surface area contributed by atoms with Crippen LogP contribution < -0.4 is 4.31 Å². The van der Waals surface area contributed by atoms with E-state index >= 15 is 0 Å². The average molecular weight is 429 g/mol. The molecule has 0 unspecified atom stereocenters. The van der Waals surface area contributed by atoms with Gasteiger partial charge >= 0.3 is 0 Å². The number of anilines is 1. The first-order valence-electron chi connectivity index (χ1n) is 9.73. The zero-order valence-corrected chi connectivity index (χ0v) is 18.9. The van der Waals surface area contributed by atoms with Crippen LogP contribution in [0.4, 0.5) is 5.69 Å². The van der Waals surface area contributed by atoms with E-state index in [-0.39, 0.29) is 23.3 Å². The quantitative estimate of drug-likeness (QED) is 0.650. The summed E-state index contributed by atoms with van der Waals surface area (Å²) >= 11 is 0. The number of rotatable bonds is 7. The Hall–Kier alpha value is -2.69. The van der Waals surface area contributed by atoms with Crippen molar-refractivity contribution in [3.8, 4) is 6.07 Å². The summed E-state index contributed by atoms with van der Waals surface area (Å²) in [5, 5.41) is 8.04. The van der Waals surface area contributed by atoms with Crippen LogP contribution in [0.25, 0.3) is 0 Å². The van der Waals surface area contributed by atoms with Crippen molar-refractivity contribution in [2.75, 3.05) is 4.31 Å². The lowest BCUT2D eigenvalue weighted by Crippen LogP contribution is -2.41. The molecule has 30 heavy (non-hydrogen) atoms. The van der Waals surface area contributed by atoms with E-state index in [0.717, 1.165) is 15.4 Å². The molecule has 0 spiro atoms. The highest BCUT2D eigenvalue weighted by Gasteiger charge is 2.32. The molecule has 0 aliphatic heterocycles. The Morgan fingerprint density at radius 3 is 2.03 bits per heavy atom. The summed E-state index contributed by atoms with van der Waals surface area (Å²) in [5.74, 6) is -0.625. The molecule has 160 valence electrons. The number of amides is 1. The Kier molecular flexibility index (Phi) is 7.40. The second-order valence-corrected chi connectivity index (χ2v) is 10.6. The first kappa shape index (κ1) is 23.6. The fraction of sp³-hybridized carbons (Fsp3) is 0.391. The molecule has 0 radical (unpaired) electrons. The highest BCUT2D eigenvalue weighted by Crippen LogP contribution is 2.25. The van der Waals surface area contributed by atoms with Gasteiger partial charge in [0.25, 0.3) is 5.91 Å². The van der Waals surface area contributed by atoms with Gasteiger partial charge in [-0.25, -0.2) is 12.7 Å². The molecular weight excluding hydrogens is 400 g/mol. The SMILES string of the molecule is CC(C)S(=O)(=O)N(C(=O)c1ccc(COC(C)(C)C)cc1)c1ccc(CC#N)cc1. The molecule has 2 rings (SSSR count). The van der Waals surface area contributed by atoms with Crippen LogP contribution in [0.5, 0.6) is 0 Å². The van der Waals surface area contributed by atoms with Crippen LogP contribution >= 0.6 is 0 Å². The minimum absolute atomic E-state index is 0.212. The van der Waals surface area contributed by atoms with Crippen molar-refractivity contribution in [2.45, 2.75) is 58.5 Å². The number of benzene rings is 2. The van der Waals surface area contributed by atoms with Gasteiger partial charge in [-0.3, -0.25) is 4.79 Å². The van der Waals surface area contributed by atoms with Gasteiger partial charge in [0, 0.05) is 5.56 Å². The second-order valence-electron chi connectivity index (χ2n) is 8.26. The van der Waals surface area contributed by atoms with Crippen LogP contribution in [0.15, 0.2) is 48.5 Å². The van der Waals surface area contributed by atoms with Gasteiger partial charge in [-0.2, -0.15) is 5.26 Å². The van der Waals surface area contributed by atoms with Crippen LogP contribution in [-0.2, 0) is 27.8 Å². The van der Waals surface area contributed by atoms with Gasteiger partial charge in [0.2, 0.25) is 10.0 Å². The summed E-state index contributed by atoms with van der Waals surface area (Å²) in [7, 11) is -3.91. The van der Waals surface area contributed by atoms with Crippen LogP contribution in [0.2, 0.25) is 0 Å². The maximum Gasteiger partial charge on any atom is 0.272 e. The number of nitriles is 1. The first-order chi connectivity index (χ1) is 14.0. The number of hydrogen-bond acceptors (Lipinski definition) is 5. The van der Waals surface area contributed by atoms with E-state index in [4.69, 9.17) is 10.00 Å². The number of nitrogens with zero attached hydrogens (tertiary/aromatic N) is 2. The molecule has 0 aliphatic carbocycles. The van der Waals surface area contributed by atoms with Gasteiger partial charge in [0.15, 0.2) is 0 Å². The molecule has 0 fully saturated rings. The number of sulfonamides is 1. The van der Waals surface area contributed by atoms with E-state index < -0.39 is 21.2 Å². The third-order valence-corrected chi connectivity index (χ3v) is 6.44. The fourth-order valence-corrected chi connectivity index (χ4v) is 3.77. The lowest BCUT2D eigenvalue weighted by atomic mass is 10.1. The number of hydrogen-bond donors (Lipinski definition) is 0. The Balaban J connectivity index is 2.37. The van der Waals surface area contributed by atoms with E-state index in [1.54, 1.807) is 48.5 Å². The Morgan fingerprint density at radius 2 is 1.57 bits per heavy atom. The van der Waals surface area contributed by atoms with Gasteiger partial charge in [-0.1, -0.05) is 24.3 Å². The minimum Gasteiger partial charge on any atom is -0.371 e. The molecule has 1 amide bonds. The average Bonchev–Trinajstić information content (AvgIpc) is 2.67. The van der Waals surface area contributed by atoms with Crippen molar-refractivity contribution >= 4 is 21.6 Å². The van der Waals surface area contributed by atoms with Crippen LogP contribution in [0, 0.1) is 11.3 Å². The van der Waals surface area contributed by atoms with E-state index in [1.807, 2.05) is 26.8 Å². The Labute approximate surface area is 179 Å². The predicted octanol–water partition coefficient (Wildman–Crippen LogP) is 4.45. The summed E-state index contributed by atoms with van der Waals surface area (Å²) in [6, 6.07) is 15.2.